The number of ketones is 1. The number of carbonyl (C=O) groups excluding carboxylic acids is 4. The number of aliphatic hydroxyl groups is 1. The van der Waals surface area contributed by atoms with Gasteiger partial charge in [-0.15, -0.1) is 0 Å². The van der Waals surface area contributed by atoms with Crippen LogP contribution in [-0.2, 0) is 20.9 Å². The summed E-state index contributed by atoms with van der Waals surface area (Å²) in [5, 5.41) is 14.2. The van der Waals surface area contributed by atoms with Gasteiger partial charge in [0, 0.05) is 64.7 Å². The number of benzene rings is 2. The van der Waals surface area contributed by atoms with Crippen molar-refractivity contribution in [2.24, 2.45) is 4.99 Å². The van der Waals surface area contributed by atoms with Crippen LogP contribution in [0.4, 0.5) is 5.69 Å². The Morgan fingerprint density at radius 2 is 1.95 bits per heavy atom. The topological polar surface area (TPSA) is 132 Å². The average molecular weight is 575 g/mol. The predicted molar refractivity (Wildman–Crippen MR) is 143 cm³/mol. The maximum atomic E-state index is 13.1. The number of fused-ring (bicyclic) bond motifs is 2. The summed E-state index contributed by atoms with van der Waals surface area (Å²) < 4.78 is 0.886. The fourth-order valence-corrected chi connectivity index (χ4v) is 6.19. The first kappa shape index (κ1) is 24.3. The van der Waals surface area contributed by atoms with Crippen molar-refractivity contribution in [3.63, 3.8) is 0 Å². The lowest BCUT2D eigenvalue weighted by molar-refractivity contribution is -0.137. The number of H-pyrrole nitrogens is 1. The van der Waals surface area contributed by atoms with E-state index in [2.05, 4.69) is 31.2 Å². The van der Waals surface area contributed by atoms with Crippen molar-refractivity contribution in [1.82, 2.24) is 15.2 Å². The van der Waals surface area contributed by atoms with E-state index >= 15 is 0 Å². The first-order valence-electron chi connectivity index (χ1n) is 12.3. The largest absolute Gasteiger partial charge is 0.511 e. The van der Waals surface area contributed by atoms with Gasteiger partial charge in [0.2, 0.25) is 11.8 Å². The number of hydrogen-bond donors (Lipinski definition) is 3. The van der Waals surface area contributed by atoms with Gasteiger partial charge in [0.05, 0.1) is 11.3 Å². The predicted octanol–water partition coefficient (Wildman–Crippen LogP) is 4.35. The summed E-state index contributed by atoms with van der Waals surface area (Å²) >= 11 is 3.61. The lowest BCUT2D eigenvalue weighted by atomic mass is 9.82. The highest BCUT2D eigenvalue weighted by Crippen LogP contribution is 2.39. The molecule has 3 aliphatic rings. The van der Waals surface area contributed by atoms with Gasteiger partial charge in [-0.25, -0.2) is 0 Å². The van der Waals surface area contributed by atoms with Crippen LogP contribution in [0.15, 0.2) is 63.4 Å². The van der Waals surface area contributed by atoms with Crippen molar-refractivity contribution in [1.29, 1.82) is 0 Å². The van der Waals surface area contributed by atoms with Crippen molar-refractivity contribution in [2.45, 2.75) is 44.2 Å². The van der Waals surface area contributed by atoms with Crippen LogP contribution in [0.3, 0.4) is 0 Å². The Morgan fingerprint density at radius 3 is 2.74 bits per heavy atom. The number of aromatic nitrogens is 1. The Kier molecular flexibility index (Phi) is 5.98. The van der Waals surface area contributed by atoms with Crippen LogP contribution in [-0.4, -0.2) is 50.8 Å². The SMILES string of the molecule is O=C1CCC(N2Cc3c(N=CC4=C(O)CC(c5cc6[nH]ccc6cc5Br)CC4=O)cccc3C2=O)C(=O)N1. The number of amides is 3. The number of aromatic amines is 1. The summed E-state index contributed by atoms with van der Waals surface area (Å²) in [5.74, 6) is -1.54. The number of aliphatic imine (C=N–C) groups is 1. The van der Waals surface area contributed by atoms with Crippen LogP contribution in [0.25, 0.3) is 10.9 Å². The highest BCUT2D eigenvalue weighted by atomic mass is 79.9. The molecule has 3 aromatic rings. The van der Waals surface area contributed by atoms with Crippen LogP contribution in [0.5, 0.6) is 0 Å². The third kappa shape index (κ3) is 4.14. The molecular formula is C28H23BrN4O5. The molecule has 6 rings (SSSR count). The van der Waals surface area contributed by atoms with E-state index in [4.69, 9.17) is 0 Å². The number of halogens is 1. The molecule has 0 spiro atoms. The van der Waals surface area contributed by atoms with Crippen LogP contribution < -0.4 is 5.32 Å². The fraction of sp³-hybridized carbons (Fsp3) is 0.250. The minimum atomic E-state index is -0.724. The Bertz CT molecular complexity index is 1600. The van der Waals surface area contributed by atoms with E-state index in [9.17, 15) is 24.3 Å². The standard InChI is InChI=1S/C28H23BrN4O5/c29-20-8-14-6-7-30-22(14)11-17(20)15-9-24(34)18(25(35)10-15)12-31-21-3-1-2-16-19(21)13-33(28(16)38)23-4-5-26(36)32-27(23)37/h1-3,6-8,11-12,15,23,30,34H,4-5,9-10,13H2,(H,32,36,37). The molecule has 2 unspecified atom stereocenters. The van der Waals surface area contributed by atoms with Gasteiger partial charge in [0.1, 0.15) is 11.8 Å². The van der Waals surface area contributed by atoms with Gasteiger partial charge in [0.25, 0.3) is 5.91 Å². The van der Waals surface area contributed by atoms with Gasteiger partial charge >= 0.3 is 0 Å². The number of imide groups is 1. The molecule has 3 heterocycles. The number of nitrogens with zero attached hydrogens (tertiary/aromatic N) is 2. The molecule has 0 saturated carbocycles. The average Bonchev–Trinajstić information content (AvgIpc) is 3.47. The first-order chi connectivity index (χ1) is 18.3. The first-order valence-corrected chi connectivity index (χ1v) is 13.1. The quantitative estimate of drug-likeness (QED) is 0.315. The van der Waals surface area contributed by atoms with Crippen molar-refractivity contribution in [3.8, 4) is 0 Å². The number of piperidine rings is 1. The number of allylic oxidation sites excluding steroid dienone is 2. The Labute approximate surface area is 225 Å². The van der Waals surface area contributed by atoms with Gasteiger partial charge in [-0.05, 0) is 48.2 Å². The fourth-order valence-electron chi connectivity index (χ4n) is 5.50. The Hall–Kier alpha value is -4.05. The number of carbonyl (C=O) groups is 4. The number of Topliss-reactive ketones (excluding diaryl/α,β-unsaturated/α-hetero) is 1. The second kappa shape index (κ2) is 9.36. The smallest absolute Gasteiger partial charge is 0.255 e. The number of aliphatic hydroxyl groups excluding tert-OH is 1. The minimum absolute atomic E-state index is 0.0256. The molecule has 10 heteroatoms. The molecule has 2 atom stereocenters. The maximum absolute atomic E-state index is 13.1. The van der Waals surface area contributed by atoms with Gasteiger partial charge < -0.3 is 15.0 Å². The van der Waals surface area contributed by atoms with Crippen LogP contribution in [0.2, 0.25) is 0 Å². The van der Waals surface area contributed by atoms with Gasteiger partial charge in [0.15, 0.2) is 5.78 Å². The summed E-state index contributed by atoms with van der Waals surface area (Å²) in [4.78, 5) is 59.1. The highest BCUT2D eigenvalue weighted by Gasteiger charge is 2.40. The van der Waals surface area contributed by atoms with Crippen LogP contribution in [0.1, 0.15) is 53.1 Å². The van der Waals surface area contributed by atoms with Crippen LogP contribution in [0, 0.1) is 0 Å². The zero-order valence-electron chi connectivity index (χ0n) is 20.2. The molecule has 0 bridgehead atoms. The summed E-state index contributed by atoms with van der Waals surface area (Å²) in [6.45, 7) is 0.171. The highest BCUT2D eigenvalue weighted by molar-refractivity contribution is 9.10. The van der Waals surface area contributed by atoms with Crippen molar-refractivity contribution in [2.75, 3.05) is 0 Å². The third-order valence-electron chi connectivity index (χ3n) is 7.48. The van der Waals surface area contributed by atoms with E-state index in [-0.39, 0.29) is 60.7 Å². The molecule has 1 aliphatic carbocycles. The summed E-state index contributed by atoms with van der Waals surface area (Å²) in [6.07, 6.45) is 4.19. The monoisotopic (exact) mass is 574 g/mol. The van der Waals surface area contributed by atoms with E-state index in [1.165, 1.54) is 11.1 Å². The Morgan fingerprint density at radius 1 is 1.11 bits per heavy atom. The zero-order chi connectivity index (χ0) is 26.6. The molecule has 1 saturated heterocycles. The van der Waals surface area contributed by atoms with E-state index < -0.39 is 11.9 Å². The number of rotatable bonds is 4. The lowest BCUT2D eigenvalue weighted by Gasteiger charge is -2.29. The van der Waals surface area contributed by atoms with Crippen molar-refractivity contribution >= 4 is 62.2 Å². The summed E-state index contributed by atoms with van der Waals surface area (Å²) in [6, 6.07) is 10.3. The molecule has 3 N–H and O–H groups in total. The summed E-state index contributed by atoms with van der Waals surface area (Å²) in [5.41, 5.74) is 3.63. The Balaban J connectivity index is 1.24. The molecule has 38 heavy (non-hydrogen) atoms. The number of hydrogen-bond acceptors (Lipinski definition) is 6. The lowest BCUT2D eigenvalue weighted by Crippen LogP contribution is -2.52. The van der Waals surface area contributed by atoms with Gasteiger partial charge in [-0.2, -0.15) is 0 Å². The normalized spacial score (nSPS) is 22.1. The second-order valence-corrected chi connectivity index (χ2v) is 10.6. The molecular weight excluding hydrogens is 552 g/mol. The molecule has 2 aromatic carbocycles. The molecule has 9 nitrogen and oxygen atoms in total. The third-order valence-corrected chi connectivity index (χ3v) is 8.17. The molecule has 2 aliphatic heterocycles. The molecule has 1 fully saturated rings. The zero-order valence-corrected chi connectivity index (χ0v) is 21.7. The van der Waals surface area contributed by atoms with E-state index in [0.29, 0.717) is 23.2 Å². The van der Waals surface area contributed by atoms with Gasteiger partial charge in [-0.3, -0.25) is 29.5 Å². The summed E-state index contributed by atoms with van der Waals surface area (Å²) in [7, 11) is 0. The van der Waals surface area contributed by atoms with Crippen molar-refractivity contribution in [3.05, 3.63) is 75.1 Å². The van der Waals surface area contributed by atoms with Crippen LogP contribution >= 0.6 is 15.9 Å². The maximum Gasteiger partial charge on any atom is 0.255 e. The molecule has 1 aromatic heterocycles. The van der Waals surface area contributed by atoms with Crippen molar-refractivity contribution < 1.29 is 24.3 Å². The molecule has 0 radical (unpaired) electrons. The van der Waals surface area contributed by atoms with E-state index in [0.717, 1.165) is 20.9 Å². The van der Waals surface area contributed by atoms with Gasteiger partial charge in [-0.1, -0.05) is 22.0 Å². The van der Waals surface area contributed by atoms with E-state index in [1.807, 2.05) is 24.4 Å². The molecule has 3 amide bonds. The number of nitrogens with one attached hydrogen (secondary N) is 2. The van der Waals surface area contributed by atoms with E-state index in [1.54, 1.807) is 18.2 Å². The minimum Gasteiger partial charge on any atom is -0.511 e. The second-order valence-electron chi connectivity index (χ2n) is 9.79. The molecule has 192 valence electrons.